The standard InChI is InChI=1S/C51H98N/c1-4-7-10-13-16-19-22-24-26-28-30-32-35-38-41-45-50-46-44-49-52(48-43-40-37-34-21-18-15-12-9-6-3)51(50)47-42-39-36-33-31-29-27-25-23-20-17-14-11-8-5-2/h44,46,49H,4-43,45,47-48H2,1-3H3/q+1. The molecule has 0 spiro atoms. The van der Waals surface area contributed by atoms with Crippen LogP contribution in [0.3, 0.4) is 0 Å². The maximum atomic E-state index is 2.69. The zero-order valence-electron chi connectivity index (χ0n) is 36.6. The fourth-order valence-electron chi connectivity index (χ4n) is 8.50. The molecule has 1 aromatic heterocycles. The number of unbranched alkanes of at least 4 members (excludes halogenated alkanes) is 37. The summed E-state index contributed by atoms with van der Waals surface area (Å²) < 4.78 is 2.69. The van der Waals surface area contributed by atoms with Crippen LogP contribution >= 0.6 is 0 Å². The number of nitrogens with zero attached hydrogens (tertiary/aromatic N) is 1. The van der Waals surface area contributed by atoms with Crippen LogP contribution in [0.4, 0.5) is 0 Å². The van der Waals surface area contributed by atoms with Crippen LogP contribution in [0, 0.1) is 0 Å². The first-order valence-electron chi connectivity index (χ1n) is 24.8. The second kappa shape index (κ2) is 41.3. The van der Waals surface area contributed by atoms with Crippen molar-refractivity contribution in [3.05, 3.63) is 29.6 Å². The smallest absolute Gasteiger partial charge is 0.184 e. The highest BCUT2D eigenvalue weighted by atomic mass is 15.0. The molecule has 0 aromatic carbocycles. The molecule has 0 saturated carbocycles. The van der Waals surface area contributed by atoms with Crippen molar-refractivity contribution in [3.63, 3.8) is 0 Å². The molecule has 306 valence electrons. The molecule has 0 fully saturated rings. The zero-order valence-corrected chi connectivity index (χ0v) is 36.6. The predicted octanol–water partition coefficient (Wildman–Crippen LogP) is 17.7. The number of hydrogen-bond acceptors (Lipinski definition) is 0. The van der Waals surface area contributed by atoms with Crippen LogP contribution < -0.4 is 4.57 Å². The monoisotopic (exact) mass is 725 g/mol. The minimum absolute atomic E-state index is 1.23. The van der Waals surface area contributed by atoms with Gasteiger partial charge in [0.25, 0.3) is 0 Å². The molecule has 0 aliphatic heterocycles. The Balaban J connectivity index is 2.32. The number of rotatable bonds is 43. The first-order valence-corrected chi connectivity index (χ1v) is 24.8. The summed E-state index contributed by atoms with van der Waals surface area (Å²) in [5.74, 6) is 0. The van der Waals surface area contributed by atoms with E-state index in [4.69, 9.17) is 0 Å². The molecule has 0 saturated heterocycles. The molecule has 52 heavy (non-hydrogen) atoms. The summed E-state index contributed by atoms with van der Waals surface area (Å²) in [4.78, 5) is 0. The molecular weight excluding hydrogens is 627 g/mol. The van der Waals surface area contributed by atoms with Gasteiger partial charge in [0.15, 0.2) is 11.9 Å². The molecule has 1 heteroatoms. The van der Waals surface area contributed by atoms with Gasteiger partial charge in [0.1, 0.15) is 6.54 Å². The Morgan fingerprint density at radius 3 is 0.904 bits per heavy atom. The minimum atomic E-state index is 1.23. The normalized spacial score (nSPS) is 11.6. The van der Waals surface area contributed by atoms with E-state index >= 15 is 0 Å². The molecule has 0 unspecified atom stereocenters. The van der Waals surface area contributed by atoms with Gasteiger partial charge in [-0.3, -0.25) is 0 Å². The van der Waals surface area contributed by atoms with Gasteiger partial charge in [-0.15, -0.1) is 0 Å². The predicted molar refractivity (Wildman–Crippen MR) is 236 cm³/mol. The average molecular weight is 725 g/mol. The number of aryl methyl sites for hydroxylation is 2. The van der Waals surface area contributed by atoms with Crippen LogP contribution in [0.2, 0.25) is 0 Å². The number of pyridine rings is 1. The first-order chi connectivity index (χ1) is 25.8. The summed E-state index contributed by atoms with van der Waals surface area (Å²) in [6, 6.07) is 4.85. The van der Waals surface area contributed by atoms with Gasteiger partial charge in [0.2, 0.25) is 0 Å². The topological polar surface area (TPSA) is 3.88 Å². The van der Waals surface area contributed by atoms with Crippen molar-refractivity contribution in [2.45, 2.75) is 297 Å². The lowest BCUT2D eigenvalue weighted by Crippen LogP contribution is -2.39. The molecule has 1 aromatic rings. The van der Waals surface area contributed by atoms with Crippen molar-refractivity contribution in [2.75, 3.05) is 0 Å². The summed E-state index contributed by atoms with van der Waals surface area (Å²) in [6.07, 6.45) is 62.7. The maximum Gasteiger partial charge on any atom is 0.184 e. The molecule has 0 aliphatic carbocycles. The number of hydrogen-bond donors (Lipinski definition) is 0. The largest absolute Gasteiger partial charge is 0.202 e. The summed E-state index contributed by atoms with van der Waals surface area (Å²) in [5.41, 5.74) is 3.37. The highest BCUT2D eigenvalue weighted by Gasteiger charge is 2.15. The summed E-state index contributed by atoms with van der Waals surface area (Å²) in [6.45, 7) is 8.19. The quantitative estimate of drug-likeness (QED) is 0.0466. The van der Waals surface area contributed by atoms with E-state index in [9.17, 15) is 0 Å². The Morgan fingerprint density at radius 2 is 0.577 bits per heavy atom. The van der Waals surface area contributed by atoms with Crippen LogP contribution in [0.25, 0.3) is 0 Å². The van der Waals surface area contributed by atoms with Crippen LogP contribution in [0.1, 0.15) is 289 Å². The van der Waals surface area contributed by atoms with E-state index in [1.807, 2.05) is 0 Å². The van der Waals surface area contributed by atoms with Crippen LogP contribution in [0.5, 0.6) is 0 Å². The average Bonchev–Trinajstić information content (AvgIpc) is 3.16. The van der Waals surface area contributed by atoms with Crippen molar-refractivity contribution in [3.8, 4) is 0 Å². The molecule has 0 bridgehead atoms. The second-order valence-corrected chi connectivity index (χ2v) is 17.3. The van der Waals surface area contributed by atoms with Gasteiger partial charge >= 0.3 is 0 Å². The van der Waals surface area contributed by atoms with Crippen LogP contribution in [-0.2, 0) is 19.4 Å². The third-order valence-corrected chi connectivity index (χ3v) is 12.1. The van der Waals surface area contributed by atoms with Crippen molar-refractivity contribution < 1.29 is 4.57 Å². The lowest BCUT2D eigenvalue weighted by atomic mass is 9.99. The third kappa shape index (κ3) is 32.6. The Labute approximate surface area is 330 Å². The Kier molecular flexibility index (Phi) is 39.1. The SMILES string of the molecule is CCCCCCCCCCCCCCCCCc1ccc[n+](CCCCCCCCCCCC)c1CCCCCCCCCCCCCCCCC. The molecule has 1 rings (SSSR count). The lowest BCUT2D eigenvalue weighted by Gasteiger charge is -2.11. The third-order valence-electron chi connectivity index (χ3n) is 12.1. The zero-order chi connectivity index (χ0) is 37.3. The van der Waals surface area contributed by atoms with Crippen molar-refractivity contribution in [2.24, 2.45) is 0 Å². The Bertz CT molecular complexity index is 813. The Hall–Kier alpha value is -0.850. The van der Waals surface area contributed by atoms with E-state index < -0.39 is 0 Å². The summed E-state index contributed by atoms with van der Waals surface area (Å²) >= 11 is 0. The minimum Gasteiger partial charge on any atom is -0.202 e. The van der Waals surface area contributed by atoms with Gasteiger partial charge in [-0.05, 0) is 31.7 Å². The molecule has 0 radical (unpaired) electrons. The summed E-state index contributed by atoms with van der Waals surface area (Å²) in [7, 11) is 0. The highest BCUT2D eigenvalue weighted by molar-refractivity contribution is 5.16. The van der Waals surface area contributed by atoms with E-state index in [1.165, 1.54) is 276 Å². The lowest BCUT2D eigenvalue weighted by molar-refractivity contribution is -0.705. The van der Waals surface area contributed by atoms with Gasteiger partial charge in [-0.25, -0.2) is 4.57 Å². The van der Waals surface area contributed by atoms with Crippen molar-refractivity contribution >= 4 is 0 Å². The van der Waals surface area contributed by atoms with Crippen molar-refractivity contribution in [1.29, 1.82) is 0 Å². The van der Waals surface area contributed by atoms with Crippen LogP contribution in [-0.4, -0.2) is 0 Å². The van der Waals surface area contributed by atoms with E-state index in [0.29, 0.717) is 0 Å². The van der Waals surface area contributed by atoms with Gasteiger partial charge in [0, 0.05) is 24.5 Å². The molecule has 1 heterocycles. The molecule has 0 aliphatic rings. The molecule has 1 nitrogen and oxygen atoms in total. The van der Waals surface area contributed by atoms with E-state index in [2.05, 4.69) is 43.7 Å². The molecule has 0 N–H and O–H groups in total. The Morgan fingerprint density at radius 1 is 0.308 bits per heavy atom. The number of aromatic nitrogens is 1. The van der Waals surface area contributed by atoms with Gasteiger partial charge in [-0.2, -0.15) is 0 Å². The van der Waals surface area contributed by atoms with Gasteiger partial charge in [0.05, 0.1) is 0 Å². The fraction of sp³-hybridized carbons (Fsp3) is 0.902. The molecule has 0 atom stereocenters. The van der Waals surface area contributed by atoms with E-state index in [0.717, 1.165) is 0 Å². The molecular formula is C51H98N+. The van der Waals surface area contributed by atoms with E-state index in [1.54, 1.807) is 11.3 Å². The van der Waals surface area contributed by atoms with Crippen molar-refractivity contribution in [1.82, 2.24) is 0 Å². The van der Waals surface area contributed by atoms with Gasteiger partial charge < -0.3 is 0 Å². The second-order valence-electron chi connectivity index (χ2n) is 17.3. The highest BCUT2D eigenvalue weighted by Crippen LogP contribution is 2.18. The first kappa shape index (κ1) is 49.2. The van der Waals surface area contributed by atoms with Crippen LogP contribution in [0.15, 0.2) is 18.3 Å². The van der Waals surface area contributed by atoms with E-state index in [-0.39, 0.29) is 0 Å². The fourth-order valence-corrected chi connectivity index (χ4v) is 8.50. The maximum absolute atomic E-state index is 2.69. The molecule has 0 amide bonds. The summed E-state index contributed by atoms with van der Waals surface area (Å²) in [5, 5.41) is 0. The van der Waals surface area contributed by atoms with Gasteiger partial charge in [-0.1, -0.05) is 252 Å².